The molecule has 9 atom stereocenters. The van der Waals surface area contributed by atoms with E-state index in [-0.39, 0.29) is 29.0 Å². The third-order valence-electron chi connectivity index (χ3n) is 9.09. The van der Waals surface area contributed by atoms with Crippen LogP contribution in [0.1, 0.15) is 52.4 Å². The Kier molecular flexibility index (Phi) is 2.74. The third kappa shape index (κ3) is 1.46. The summed E-state index contributed by atoms with van der Waals surface area (Å²) < 4.78 is 6.63. The van der Waals surface area contributed by atoms with E-state index in [1.54, 1.807) is 0 Å². The van der Waals surface area contributed by atoms with E-state index in [0.717, 1.165) is 44.1 Å². The van der Waals surface area contributed by atoms with Gasteiger partial charge in [0.1, 0.15) is 0 Å². The van der Waals surface area contributed by atoms with E-state index in [2.05, 4.69) is 20.4 Å². The second kappa shape index (κ2) is 4.23. The molecule has 0 aromatic heterocycles. The normalized spacial score (nSPS) is 63.2. The fourth-order valence-corrected chi connectivity index (χ4v) is 8.19. The standard InChI is InChI=1S/C20H30O3/c1-11-12-8-13-16-19(3)14(4-7-20(16,9-12)17(11)22)18(2,10-21)6-5-15(19)23-13/h12-17,21-22H,1,4-10H2,2-3H3/t12-,13-,14-,15+,16+,17-,18-,19+,20-/m1/s1. The molecule has 3 heteroatoms. The summed E-state index contributed by atoms with van der Waals surface area (Å²) in [7, 11) is 0. The van der Waals surface area contributed by atoms with Gasteiger partial charge >= 0.3 is 0 Å². The first-order chi connectivity index (χ1) is 10.9. The molecule has 128 valence electrons. The van der Waals surface area contributed by atoms with Crippen molar-refractivity contribution in [3.63, 3.8) is 0 Å². The van der Waals surface area contributed by atoms with Crippen molar-refractivity contribution in [2.45, 2.75) is 70.7 Å². The van der Waals surface area contributed by atoms with Crippen LogP contribution >= 0.6 is 0 Å². The smallest absolute Gasteiger partial charge is 0.0810 e. The summed E-state index contributed by atoms with van der Waals surface area (Å²) in [6, 6.07) is 0. The maximum Gasteiger partial charge on any atom is 0.0810 e. The molecule has 0 amide bonds. The molecule has 5 rings (SSSR count). The first-order valence-corrected chi connectivity index (χ1v) is 9.50. The molecule has 1 saturated heterocycles. The molecule has 1 spiro atoms. The van der Waals surface area contributed by atoms with Crippen molar-refractivity contribution < 1.29 is 14.9 Å². The number of hydrogen-bond donors (Lipinski definition) is 2. The average Bonchev–Trinajstić information content (AvgIpc) is 2.93. The highest BCUT2D eigenvalue weighted by atomic mass is 16.5. The maximum absolute atomic E-state index is 11.1. The molecule has 4 aliphatic carbocycles. The second-order valence-corrected chi connectivity index (χ2v) is 9.80. The Hall–Kier alpha value is -0.380. The van der Waals surface area contributed by atoms with Gasteiger partial charge in [0.15, 0.2) is 0 Å². The van der Waals surface area contributed by atoms with Gasteiger partial charge in [-0.05, 0) is 61.3 Å². The van der Waals surface area contributed by atoms with Crippen LogP contribution in [0, 0.1) is 34.0 Å². The van der Waals surface area contributed by atoms with E-state index < -0.39 is 0 Å². The molecular formula is C20H30O3. The molecule has 1 aliphatic heterocycles. The molecule has 0 aromatic carbocycles. The van der Waals surface area contributed by atoms with E-state index in [1.807, 2.05) is 0 Å². The summed E-state index contributed by atoms with van der Waals surface area (Å²) >= 11 is 0. The molecule has 5 aliphatic rings. The zero-order valence-corrected chi connectivity index (χ0v) is 14.4. The molecule has 0 aromatic rings. The molecule has 23 heavy (non-hydrogen) atoms. The predicted molar refractivity (Wildman–Crippen MR) is 87.7 cm³/mol. The van der Waals surface area contributed by atoms with Gasteiger partial charge in [-0.25, -0.2) is 0 Å². The number of ether oxygens (including phenoxy) is 1. The minimum atomic E-state index is -0.343. The highest BCUT2D eigenvalue weighted by Crippen LogP contribution is 2.75. The van der Waals surface area contributed by atoms with Crippen molar-refractivity contribution >= 4 is 0 Å². The van der Waals surface area contributed by atoms with Crippen LogP contribution in [0.5, 0.6) is 0 Å². The van der Waals surface area contributed by atoms with E-state index in [9.17, 15) is 10.2 Å². The van der Waals surface area contributed by atoms with Gasteiger partial charge < -0.3 is 14.9 Å². The van der Waals surface area contributed by atoms with Crippen LogP contribution in [0.4, 0.5) is 0 Å². The molecule has 1 heterocycles. The number of rotatable bonds is 1. The van der Waals surface area contributed by atoms with Crippen LogP contribution in [0.2, 0.25) is 0 Å². The highest BCUT2D eigenvalue weighted by Gasteiger charge is 2.74. The van der Waals surface area contributed by atoms with Gasteiger partial charge in [-0.2, -0.15) is 0 Å². The minimum Gasteiger partial charge on any atom is -0.396 e. The van der Waals surface area contributed by atoms with E-state index in [0.29, 0.717) is 30.0 Å². The third-order valence-corrected chi connectivity index (χ3v) is 9.09. The zero-order valence-electron chi connectivity index (χ0n) is 14.4. The number of aliphatic hydroxyl groups excluding tert-OH is 2. The van der Waals surface area contributed by atoms with Gasteiger partial charge in [-0.1, -0.05) is 20.4 Å². The van der Waals surface area contributed by atoms with Crippen molar-refractivity contribution in [1.29, 1.82) is 0 Å². The van der Waals surface area contributed by atoms with Crippen molar-refractivity contribution in [3.05, 3.63) is 12.2 Å². The molecule has 5 fully saturated rings. The summed E-state index contributed by atoms with van der Waals surface area (Å²) in [6.07, 6.45) is 6.77. The summed E-state index contributed by atoms with van der Waals surface area (Å²) in [4.78, 5) is 0. The molecule has 4 saturated carbocycles. The molecule has 0 radical (unpaired) electrons. The molecule has 0 unspecified atom stereocenters. The maximum atomic E-state index is 11.1. The Morgan fingerprint density at radius 3 is 2.78 bits per heavy atom. The van der Waals surface area contributed by atoms with Crippen LogP contribution in [-0.4, -0.2) is 35.1 Å². The SMILES string of the molecule is C=C1[C@@H]2C[C@H]3O[C@H]4CC[C@](C)(CO)[C@H]5CC[C@](C2)([C@@H]1O)[C@@H]3[C@]45C. The van der Waals surface area contributed by atoms with Crippen molar-refractivity contribution in [1.82, 2.24) is 0 Å². The molecule has 2 bridgehead atoms. The number of hydrogen-bond acceptors (Lipinski definition) is 3. The lowest BCUT2D eigenvalue weighted by Crippen LogP contribution is -2.62. The first-order valence-electron chi connectivity index (χ1n) is 9.50. The van der Waals surface area contributed by atoms with Gasteiger partial charge in [0.05, 0.1) is 18.3 Å². The van der Waals surface area contributed by atoms with E-state index in [4.69, 9.17) is 4.74 Å². The Bertz CT molecular complexity index is 573. The average molecular weight is 318 g/mol. The Labute approximate surface area is 139 Å². The van der Waals surface area contributed by atoms with Crippen LogP contribution in [-0.2, 0) is 4.74 Å². The van der Waals surface area contributed by atoms with Crippen molar-refractivity contribution in [2.24, 2.45) is 34.0 Å². The zero-order chi connectivity index (χ0) is 16.2. The molecule has 3 nitrogen and oxygen atoms in total. The highest BCUT2D eigenvalue weighted by molar-refractivity contribution is 5.31. The fourth-order valence-electron chi connectivity index (χ4n) is 8.19. The lowest BCUT2D eigenvalue weighted by atomic mass is 9.41. The van der Waals surface area contributed by atoms with Crippen LogP contribution in [0.25, 0.3) is 0 Å². The van der Waals surface area contributed by atoms with Crippen LogP contribution in [0.3, 0.4) is 0 Å². The largest absolute Gasteiger partial charge is 0.396 e. The predicted octanol–water partition coefficient (Wildman–Crippen LogP) is 2.91. The summed E-state index contributed by atoms with van der Waals surface area (Å²) in [5.74, 6) is 1.41. The van der Waals surface area contributed by atoms with Gasteiger partial charge in [0.25, 0.3) is 0 Å². The van der Waals surface area contributed by atoms with Crippen LogP contribution < -0.4 is 0 Å². The number of fused-ring (bicyclic) bond motifs is 1. The minimum absolute atomic E-state index is 0.00161. The van der Waals surface area contributed by atoms with Gasteiger partial charge in [0.2, 0.25) is 0 Å². The lowest BCUT2D eigenvalue weighted by molar-refractivity contribution is -0.168. The lowest BCUT2D eigenvalue weighted by Gasteiger charge is -2.62. The summed E-state index contributed by atoms with van der Waals surface area (Å²) in [5, 5.41) is 21.2. The van der Waals surface area contributed by atoms with Crippen molar-refractivity contribution in [2.75, 3.05) is 6.61 Å². The van der Waals surface area contributed by atoms with E-state index >= 15 is 0 Å². The van der Waals surface area contributed by atoms with Gasteiger partial charge in [0, 0.05) is 23.4 Å². The summed E-state index contributed by atoms with van der Waals surface area (Å²) in [5.41, 5.74) is 1.19. The molecular weight excluding hydrogens is 288 g/mol. The topological polar surface area (TPSA) is 49.7 Å². The quantitative estimate of drug-likeness (QED) is 0.731. The Morgan fingerprint density at radius 1 is 1.26 bits per heavy atom. The fraction of sp³-hybridized carbons (Fsp3) is 0.900. The monoisotopic (exact) mass is 318 g/mol. The van der Waals surface area contributed by atoms with Crippen LogP contribution in [0.15, 0.2) is 12.2 Å². The first kappa shape index (κ1) is 14.9. The van der Waals surface area contributed by atoms with Gasteiger partial charge in [-0.15, -0.1) is 0 Å². The second-order valence-electron chi connectivity index (χ2n) is 9.80. The Balaban J connectivity index is 1.66. The Morgan fingerprint density at radius 2 is 2.04 bits per heavy atom. The van der Waals surface area contributed by atoms with Crippen molar-refractivity contribution in [3.8, 4) is 0 Å². The van der Waals surface area contributed by atoms with Gasteiger partial charge in [-0.3, -0.25) is 0 Å². The molecule has 2 N–H and O–H groups in total. The number of aliphatic hydroxyl groups is 2. The van der Waals surface area contributed by atoms with E-state index in [1.165, 1.54) is 0 Å². The summed E-state index contributed by atoms with van der Waals surface area (Å²) in [6.45, 7) is 9.22.